The molecular weight excluding hydrogens is 782 g/mol. The van der Waals surface area contributed by atoms with Crippen molar-refractivity contribution in [2.24, 2.45) is 5.92 Å². The number of pyridine rings is 1. The Bertz CT molecular complexity index is 2280. The number of anilines is 2. The number of nitrogens with one attached hydrogen (secondary N) is 2. The van der Waals surface area contributed by atoms with Crippen LogP contribution in [0.5, 0.6) is 5.75 Å². The molecule has 1 aliphatic carbocycles. The number of nitrogens with zero attached hydrogens (tertiary/aromatic N) is 7. The van der Waals surface area contributed by atoms with E-state index in [1.165, 1.54) is 0 Å². The van der Waals surface area contributed by atoms with Crippen LogP contribution in [0.1, 0.15) is 91.1 Å². The summed E-state index contributed by atoms with van der Waals surface area (Å²) in [5.41, 5.74) is 3.06. The van der Waals surface area contributed by atoms with E-state index in [1.54, 1.807) is 29.3 Å². The van der Waals surface area contributed by atoms with Crippen LogP contribution in [0, 0.1) is 17.2 Å². The number of hydrogen-bond donors (Lipinski definition) is 2. The van der Waals surface area contributed by atoms with Gasteiger partial charge in [0.25, 0.3) is 11.8 Å². The summed E-state index contributed by atoms with van der Waals surface area (Å²) in [5.74, 6) is 1.63. The number of fused-ring (bicyclic) bond motifs is 1. The van der Waals surface area contributed by atoms with Crippen molar-refractivity contribution in [2.45, 2.75) is 77.0 Å². The molecule has 3 saturated heterocycles. The Morgan fingerprint density at radius 1 is 0.933 bits per heavy atom. The van der Waals surface area contributed by atoms with Gasteiger partial charge in [0.05, 0.1) is 33.5 Å². The Morgan fingerprint density at radius 2 is 1.70 bits per heavy atom. The first-order valence-corrected chi connectivity index (χ1v) is 21.6. The van der Waals surface area contributed by atoms with Gasteiger partial charge in [-0.2, -0.15) is 5.26 Å². The average Bonchev–Trinajstić information content (AvgIpc) is 3.69. The molecular formula is C45H52ClN9O5. The molecule has 4 fully saturated rings. The lowest BCUT2D eigenvalue weighted by molar-refractivity contribution is -0.120. The Balaban J connectivity index is 0.782. The molecule has 2 aromatic carbocycles. The molecule has 60 heavy (non-hydrogen) atoms. The lowest BCUT2D eigenvalue weighted by Crippen LogP contribution is -2.51. The summed E-state index contributed by atoms with van der Waals surface area (Å²) >= 11 is 6.16. The number of piperidine rings is 1. The average molecular weight is 834 g/mol. The minimum atomic E-state index is -0.463. The highest BCUT2D eigenvalue weighted by atomic mass is 35.5. The molecule has 0 unspecified atom stereocenters. The molecule has 4 aromatic rings. The van der Waals surface area contributed by atoms with E-state index in [4.69, 9.17) is 21.6 Å². The summed E-state index contributed by atoms with van der Waals surface area (Å²) < 4.78 is 8.21. The standard InChI is InChI=1S/C45H52ClN9O5/c1-29(2)54-17-13-37-39(54)23-33(24-40(37)55-18-14-42(56)50-45(55)59)44(58)53-21-19-51(20-22-53)28-30-11-15-52(16-12-30)41-10-4-32(27-48-41)43(57)49-34-5-8-35(9-6-34)60-36-7-3-31(26-47)38(46)25-36/h3-4,7,10,13,17,23-25,27,29-30,34-35H,5-6,8-9,11-12,14-16,18-22,28H2,1-2H3,(H,49,57)(H,50,56,59)/t34-,35-. The number of hydrogen-bond acceptors (Lipinski definition) is 9. The number of rotatable bonds is 10. The highest BCUT2D eigenvalue weighted by Gasteiger charge is 2.31. The van der Waals surface area contributed by atoms with Crippen molar-refractivity contribution in [1.82, 2.24) is 30.0 Å². The second-order valence-corrected chi connectivity index (χ2v) is 17.2. The second kappa shape index (κ2) is 17.9. The van der Waals surface area contributed by atoms with E-state index < -0.39 is 6.03 Å². The van der Waals surface area contributed by atoms with Gasteiger partial charge in [-0.05, 0) is 101 Å². The number of aromatic nitrogens is 2. The number of nitriles is 1. The van der Waals surface area contributed by atoms with Crippen molar-refractivity contribution in [2.75, 3.05) is 62.2 Å². The van der Waals surface area contributed by atoms with Crippen LogP contribution in [-0.2, 0) is 4.79 Å². The van der Waals surface area contributed by atoms with E-state index in [2.05, 4.69) is 49.9 Å². The smallest absolute Gasteiger partial charge is 0.328 e. The first-order chi connectivity index (χ1) is 29.0. The lowest BCUT2D eigenvalue weighted by Gasteiger charge is -2.39. The zero-order chi connectivity index (χ0) is 41.9. The molecule has 4 aliphatic rings. The minimum absolute atomic E-state index is 0.0350. The van der Waals surface area contributed by atoms with Crippen LogP contribution in [-0.4, -0.2) is 108 Å². The van der Waals surface area contributed by atoms with Crippen LogP contribution in [0.15, 0.2) is 60.9 Å². The number of urea groups is 1. The van der Waals surface area contributed by atoms with Crippen molar-refractivity contribution >= 4 is 57.8 Å². The van der Waals surface area contributed by atoms with Crippen LogP contribution in [0.4, 0.5) is 16.3 Å². The van der Waals surface area contributed by atoms with E-state index in [-0.39, 0.29) is 48.9 Å². The molecule has 5 heterocycles. The van der Waals surface area contributed by atoms with E-state index in [0.29, 0.717) is 52.2 Å². The molecule has 2 N–H and O–H groups in total. The number of piperazine rings is 1. The van der Waals surface area contributed by atoms with Crippen molar-refractivity contribution in [3.63, 3.8) is 0 Å². The molecule has 1 saturated carbocycles. The topological polar surface area (TPSA) is 156 Å². The van der Waals surface area contributed by atoms with Crippen LogP contribution in [0.3, 0.4) is 0 Å². The predicted octanol–water partition coefficient (Wildman–Crippen LogP) is 6.38. The summed E-state index contributed by atoms with van der Waals surface area (Å²) in [6.45, 7) is 10.1. The van der Waals surface area contributed by atoms with Crippen molar-refractivity contribution in [1.29, 1.82) is 5.26 Å². The molecule has 3 aliphatic heterocycles. The molecule has 0 bridgehead atoms. The first kappa shape index (κ1) is 41.1. The van der Waals surface area contributed by atoms with E-state index in [9.17, 15) is 19.2 Å². The van der Waals surface area contributed by atoms with Crippen molar-refractivity contribution in [3.8, 4) is 11.8 Å². The molecule has 2 aromatic heterocycles. The highest BCUT2D eigenvalue weighted by molar-refractivity contribution is 6.31. The normalized spacial score (nSPS) is 20.6. The van der Waals surface area contributed by atoms with Gasteiger partial charge in [-0.15, -0.1) is 0 Å². The summed E-state index contributed by atoms with van der Waals surface area (Å²) in [7, 11) is 0. The van der Waals surface area contributed by atoms with E-state index >= 15 is 0 Å². The van der Waals surface area contributed by atoms with Gasteiger partial charge in [0.1, 0.15) is 17.6 Å². The number of ether oxygens (including phenoxy) is 1. The quantitative estimate of drug-likeness (QED) is 0.185. The fraction of sp³-hybridized carbons (Fsp3) is 0.467. The van der Waals surface area contributed by atoms with Gasteiger partial charge in [0.15, 0.2) is 0 Å². The fourth-order valence-electron chi connectivity index (χ4n) is 9.01. The monoisotopic (exact) mass is 833 g/mol. The molecule has 314 valence electrons. The Hall–Kier alpha value is -5.65. The van der Waals surface area contributed by atoms with Gasteiger partial charge >= 0.3 is 6.03 Å². The summed E-state index contributed by atoms with van der Waals surface area (Å²) in [4.78, 5) is 64.8. The van der Waals surface area contributed by atoms with Crippen LogP contribution in [0.25, 0.3) is 10.9 Å². The largest absolute Gasteiger partial charge is 0.490 e. The number of amides is 5. The summed E-state index contributed by atoms with van der Waals surface area (Å²) in [5, 5.41) is 16.0. The lowest BCUT2D eigenvalue weighted by atomic mass is 9.92. The molecule has 14 nitrogen and oxygen atoms in total. The predicted molar refractivity (Wildman–Crippen MR) is 230 cm³/mol. The number of carbonyl (C=O) groups is 4. The van der Waals surface area contributed by atoms with Crippen molar-refractivity contribution < 1.29 is 23.9 Å². The van der Waals surface area contributed by atoms with Gasteiger partial charge in [0, 0.05) is 100 Å². The molecule has 5 amide bonds. The van der Waals surface area contributed by atoms with Crippen LogP contribution in [0.2, 0.25) is 5.02 Å². The number of carbonyl (C=O) groups excluding carboxylic acids is 4. The Labute approximate surface area is 355 Å². The van der Waals surface area contributed by atoms with E-state index in [0.717, 1.165) is 88.0 Å². The highest BCUT2D eigenvalue weighted by Crippen LogP contribution is 2.34. The van der Waals surface area contributed by atoms with Gasteiger partial charge in [-0.25, -0.2) is 9.78 Å². The maximum Gasteiger partial charge on any atom is 0.328 e. The summed E-state index contributed by atoms with van der Waals surface area (Å²) in [6, 6.07) is 16.5. The number of benzene rings is 2. The number of halogens is 1. The van der Waals surface area contributed by atoms with Gasteiger partial charge in [0.2, 0.25) is 5.91 Å². The zero-order valence-electron chi connectivity index (χ0n) is 34.2. The fourth-order valence-corrected chi connectivity index (χ4v) is 9.23. The molecule has 0 radical (unpaired) electrons. The SMILES string of the molecule is CC(C)n1ccc2c(N3CCC(=O)NC3=O)cc(C(=O)N3CCN(CC4CCN(c5ccc(C(=O)N[C@H]6CC[C@H](Oc7ccc(C#N)c(Cl)c7)CC6)cn5)CC4)CC3)cc21. The third-order valence-electron chi connectivity index (χ3n) is 12.5. The summed E-state index contributed by atoms with van der Waals surface area (Å²) in [6.07, 6.45) is 9.24. The molecule has 15 heteroatoms. The Morgan fingerprint density at radius 3 is 2.37 bits per heavy atom. The third-order valence-corrected chi connectivity index (χ3v) is 12.8. The molecule has 0 spiro atoms. The Kier molecular flexibility index (Phi) is 12.3. The molecule has 8 rings (SSSR count). The first-order valence-electron chi connectivity index (χ1n) is 21.2. The van der Waals surface area contributed by atoms with Crippen LogP contribution >= 0.6 is 11.6 Å². The van der Waals surface area contributed by atoms with Crippen molar-refractivity contribution in [3.05, 3.63) is 82.6 Å². The number of imide groups is 1. The second-order valence-electron chi connectivity index (χ2n) is 16.7. The van der Waals surface area contributed by atoms with Crippen LogP contribution < -0.4 is 25.2 Å². The minimum Gasteiger partial charge on any atom is -0.490 e. The molecule has 0 atom stereocenters. The third kappa shape index (κ3) is 9.07. The zero-order valence-corrected chi connectivity index (χ0v) is 35.0. The maximum atomic E-state index is 14.0. The van der Waals surface area contributed by atoms with Gasteiger partial charge < -0.3 is 24.4 Å². The van der Waals surface area contributed by atoms with Gasteiger partial charge in [-0.1, -0.05) is 11.6 Å². The van der Waals surface area contributed by atoms with E-state index in [1.807, 2.05) is 41.4 Å². The maximum absolute atomic E-state index is 14.0. The van der Waals surface area contributed by atoms with Gasteiger partial charge in [-0.3, -0.25) is 29.5 Å².